The van der Waals surface area contributed by atoms with E-state index in [1.807, 2.05) is 4.90 Å². The van der Waals surface area contributed by atoms with Gasteiger partial charge in [0.15, 0.2) is 11.5 Å². The van der Waals surface area contributed by atoms with Gasteiger partial charge in [0.2, 0.25) is 5.91 Å². The number of carbonyl (C=O) groups is 3. The number of benzene rings is 1. The lowest BCUT2D eigenvalue weighted by molar-refractivity contribution is -0.141. The van der Waals surface area contributed by atoms with Gasteiger partial charge in [-0.1, -0.05) is 23.8 Å². The Morgan fingerprint density at radius 2 is 1.76 bits per heavy atom. The highest BCUT2D eigenvalue weighted by molar-refractivity contribution is 6.34. The number of amides is 3. The Morgan fingerprint density at radius 3 is 2.37 bits per heavy atom. The summed E-state index contributed by atoms with van der Waals surface area (Å²) in [4.78, 5) is 46.8. The Morgan fingerprint density at radius 1 is 1.11 bits per heavy atom. The summed E-state index contributed by atoms with van der Waals surface area (Å²) >= 11 is 6.46. The molecule has 2 saturated heterocycles. The summed E-state index contributed by atoms with van der Waals surface area (Å²) < 4.78 is 43.7. The number of halogens is 5. The second kappa shape index (κ2) is 12.7. The van der Waals surface area contributed by atoms with Gasteiger partial charge in [0.05, 0.1) is 34.6 Å². The number of anilines is 1. The number of piperidine rings is 1. The number of hydrogen-bond donors (Lipinski definition) is 2. The normalized spacial score (nSPS) is 20.6. The van der Waals surface area contributed by atoms with Crippen LogP contribution in [0.25, 0.3) is 11.3 Å². The Labute approximate surface area is 274 Å². The molecule has 0 spiro atoms. The van der Waals surface area contributed by atoms with E-state index in [1.54, 1.807) is 11.8 Å². The van der Waals surface area contributed by atoms with Crippen molar-refractivity contribution in [3.63, 3.8) is 0 Å². The quantitative estimate of drug-likeness (QED) is 0.365. The maximum absolute atomic E-state index is 13.8. The van der Waals surface area contributed by atoms with Crippen molar-refractivity contribution < 1.29 is 27.6 Å². The number of fused-ring (bicyclic) bond motifs is 1. The van der Waals surface area contributed by atoms with E-state index in [0.717, 1.165) is 17.8 Å². The highest BCUT2D eigenvalue weighted by atomic mass is 35.5. The molecule has 6 rings (SSSR count). The average Bonchev–Trinajstić information content (AvgIpc) is 3.35. The van der Waals surface area contributed by atoms with Crippen LogP contribution >= 0.6 is 24.0 Å². The van der Waals surface area contributed by atoms with Crippen LogP contribution in [-0.2, 0) is 24.6 Å². The van der Waals surface area contributed by atoms with Crippen LogP contribution in [0.3, 0.4) is 0 Å². The molecule has 11 nitrogen and oxygen atoms in total. The standard InChI is InChI=1S/C30H32ClF3N8O3.ClH/c1-16(2)14-42-15-21(25(38-42)30(32,33)34)23-13-36-26(39(23)3)27(43)37-17-4-5-18(22(31)10-17)28(44)40-6-8-41(9-7-40)29(45)24-19-11-35-12-20(19)24;/h4-5,10,13,15,19-20,24,35H,1,6-9,11-12,14H2,2-3H3,(H,37,43);1H/t19-,20+,24-;. The second-order valence-electron chi connectivity index (χ2n) is 11.8. The molecule has 1 aliphatic carbocycles. The average molecular weight is 682 g/mol. The van der Waals surface area contributed by atoms with E-state index < -0.39 is 17.8 Å². The van der Waals surface area contributed by atoms with Crippen molar-refractivity contribution in [1.82, 2.24) is 34.4 Å². The molecule has 0 radical (unpaired) electrons. The number of nitrogens with one attached hydrogen (secondary N) is 2. The first-order valence-corrected chi connectivity index (χ1v) is 14.9. The van der Waals surface area contributed by atoms with Crippen molar-refractivity contribution >= 4 is 47.4 Å². The molecule has 2 N–H and O–H groups in total. The molecule has 4 heterocycles. The van der Waals surface area contributed by atoms with Gasteiger partial charge in [-0.15, -0.1) is 12.4 Å². The van der Waals surface area contributed by atoms with E-state index in [0.29, 0.717) is 43.6 Å². The van der Waals surface area contributed by atoms with Gasteiger partial charge in [0.1, 0.15) is 0 Å². The van der Waals surface area contributed by atoms with Crippen LogP contribution in [-0.4, -0.2) is 86.1 Å². The predicted molar refractivity (Wildman–Crippen MR) is 167 cm³/mol. The Hall–Kier alpha value is -3.88. The zero-order valence-corrected chi connectivity index (χ0v) is 26.7. The largest absolute Gasteiger partial charge is 0.435 e. The SMILES string of the molecule is C=C(C)Cn1cc(-c2cnc(C(=O)Nc3ccc(C(=O)N4CCN(C(=O)[C@@H]5[C@@H]6CNC[C@@H]65)CC4)c(Cl)c3)n2C)c(C(F)(F)F)n1.Cl. The van der Waals surface area contributed by atoms with Gasteiger partial charge in [0.25, 0.3) is 11.8 Å². The molecular weight excluding hydrogens is 648 g/mol. The van der Waals surface area contributed by atoms with Crippen molar-refractivity contribution in [2.75, 3.05) is 44.6 Å². The summed E-state index contributed by atoms with van der Waals surface area (Å²) in [7, 11) is 1.43. The van der Waals surface area contributed by atoms with Gasteiger partial charge < -0.3 is 25.0 Å². The first-order valence-electron chi connectivity index (χ1n) is 14.5. The zero-order valence-electron chi connectivity index (χ0n) is 25.1. The van der Waals surface area contributed by atoms with E-state index in [-0.39, 0.29) is 70.0 Å². The fraction of sp³-hybridized carbons (Fsp3) is 0.433. The molecule has 246 valence electrons. The lowest BCUT2D eigenvalue weighted by atomic mass is 10.1. The van der Waals surface area contributed by atoms with Gasteiger partial charge in [-0.2, -0.15) is 18.3 Å². The molecule has 3 fully saturated rings. The number of carbonyl (C=O) groups excluding carboxylic acids is 3. The van der Waals surface area contributed by atoms with Gasteiger partial charge in [-0.05, 0) is 50.0 Å². The lowest BCUT2D eigenvalue weighted by Gasteiger charge is -2.35. The van der Waals surface area contributed by atoms with Crippen molar-refractivity contribution in [1.29, 1.82) is 0 Å². The first-order chi connectivity index (χ1) is 21.3. The molecule has 2 aliphatic heterocycles. The number of alkyl halides is 3. The van der Waals surface area contributed by atoms with Crippen LogP contribution in [0.1, 0.15) is 33.6 Å². The molecule has 3 atom stereocenters. The number of allylic oxidation sites excluding steroid dienone is 1. The van der Waals surface area contributed by atoms with Crippen molar-refractivity contribution in [3.05, 3.63) is 64.8 Å². The van der Waals surface area contributed by atoms with Gasteiger partial charge >= 0.3 is 6.18 Å². The minimum absolute atomic E-state index is 0. The number of rotatable bonds is 7. The molecule has 3 aromatic rings. The summed E-state index contributed by atoms with van der Waals surface area (Å²) in [5, 5.41) is 9.74. The summed E-state index contributed by atoms with van der Waals surface area (Å²) in [6.45, 7) is 8.99. The molecule has 46 heavy (non-hydrogen) atoms. The van der Waals surface area contributed by atoms with Crippen LogP contribution in [0.4, 0.5) is 18.9 Å². The maximum atomic E-state index is 13.8. The van der Waals surface area contributed by atoms with Crippen LogP contribution < -0.4 is 10.6 Å². The predicted octanol–water partition coefficient (Wildman–Crippen LogP) is 3.96. The third-order valence-corrected chi connectivity index (χ3v) is 8.95. The molecule has 0 unspecified atom stereocenters. The fourth-order valence-corrected chi connectivity index (χ4v) is 6.56. The molecule has 1 aromatic carbocycles. The number of aromatic nitrogens is 4. The number of nitrogens with zero attached hydrogens (tertiary/aromatic N) is 6. The van der Waals surface area contributed by atoms with Crippen LogP contribution in [0.5, 0.6) is 0 Å². The molecule has 0 bridgehead atoms. The molecule has 3 aliphatic rings. The Bertz CT molecular complexity index is 1690. The fourth-order valence-electron chi connectivity index (χ4n) is 6.30. The monoisotopic (exact) mass is 680 g/mol. The Kier molecular flexibility index (Phi) is 9.26. The number of imidazole rings is 1. The van der Waals surface area contributed by atoms with Crippen molar-refractivity contribution in [3.8, 4) is 11.3 Å². The zero-order chi connectivity index (χ0) is 32.2. The molecule has 2 aromatic heterocycles. The smallest absolute Gasteiger partial charge is 0.339 e. The van der Waals surface area contributed by atoms with E-state index >= 15 is 0 Å². The van der Waals surface area contributed by atoms with E-state index in [1.165, 1.54) is 42.2 Å². The van der Waals surface area contributed by atoms with E-state index in [9.17, 15) is 27.6 Å². The summed E-state index contributed by atoms with van der Waals surface area (Å²) in [5.74, 6) is 0.0565. The van der Waals surface area contributed by atoms with Gasteiger partial charge in [-0.25, -0.2) is 4.98 Å². The Balaban J connectivity index is 0.00000417. The molecular formula is C30H33Cl2F3N8O3. The number of piperazine rings is 1. The van der Waals surface area contributed by atoms with Crippen LogP contribution in [0.15, 0.2) is 42.7 Å². The summed E-state index contributed by atoms with van der Waals surface area (Å²) in [5.41, 5.74) is -0.114. The lowest BCUT2D eigenvalue weighted by Crippen LogP contribution is -2.51. The molecule has 16 heteroatoms. The second-order valence-corrected chi connectivity index (χ2v) is 12.3. The van der Waals surface area contributed by atoms with Crippen LogP contribution in [0.2, 0.25) is 5.02 Å². The molecule has 1 saturated carbocycles. The molecule has 3 amide bonds. The van der Waals surface area contributed by atoms with Crippen molar-refractivity contribution in [2.45, 2.75) is 19.6 Å². The highest BCUT2D eigenvalue weighted by Crippen LogP contribution is 2.49. The van der Waals surface area contributed by atoms with Gasteiger partial charge in [0, 0.05) is 51.0 Å². The third-order valence-electron chi connectivity index (χ3n) is 8.64. The van der Waals surface area contributed by atoms with Crippen LogP contribution in [0, 0.1) is 17.8 Å². The first kappa shape index (κ1) is 33.5. The van der Waals surface area contributed by atoms with Crippen molar-refractivity contribution in [2.24, 2.45) is 24.8 Å². The third kappa shape index (κ3) is 6.38. The highest BCUT2D eigenvalue weighted by Gasteiger charge is 2.58. The van der Waals surface area contributed by atoms with E-state index in [4.69, 9.17) is 11.6 Å². The van der Waals surface area contributed by atoms with E-state index in [2.05, 4.69) is 27.3 Å². The number of hydrogen-bond acceptors (Lipinski definition) is 6. The minimum Gasteiger partial charge on any atom is -0.339 e. The minimum atomic E-state index is -4.73. The maximum Gasteiger partial charge on any atom is 0.435 e. The summed E-state index contributed by atoms with van der Waals surface area (Å²) in [6, 6.07) is 4.45. The summed E-state index contributed by atoms with van der Waals surface area (Å²) in [6.07, 6.45) is -2.29. The topological polar surface area (TPSA) is 117 Å². The van der Waals surface area contributed by atoms with Gasteiger partial charge in [-0.3, -0.25) is 19.1 Å².